The number of nitrogens with one attached hydrogen (secondary N) is 1. The first kappa shape index (κ1) is 19.1. The van der Waals surface area contributed by atoms with Crippen molar-refractivity contribution < 1.29 is 19.4 Å². The average Bonchev–Trinajstić information content (AvgIpc) is 3.11. The number of carbonyl (C=O) groups excluding carboxylic acids is 1. The summed E-state index contributed by atoms with van der Waals surface area (Å²) < 4.78 is 6.67. The number of ether oxygens (including phenoxy) is 1. The second-order valence-corrected chi connectivity index (χ2v) is 7.50. The first-order valence-corrected chi connectivity index (χ1v) is 9.90. The van der Waals surface area contributed by atoms with Crippen molar-refractivity contribution in [1.82, 2.24) is 20.3 Å². The molecule has 0 fully saturated rings. The Morgan fingerprint density at radius 3 is 2.88 bits per heavy atom. The standard InChI is InChI=1S/C15H18N4O4S2/c1-23-12-4-2-3-11(9-12)19-10-13(17-18-19)15(22)16-6-8-25-24-7-5-14(20)21/h2-4,9-10H,5-8H2,1H3,(H,16,22)(H,20,21). The van der Waals surface area contributed by atoms with Crippen LogP contribution in [-0.4, -0.2) is 57.1 Å². The predicted molar refractivity (Wildman–Crippen MR) is 97.4 cm³/mol. The van der Waals surface area contributed by atoms with Gasteiger partial charge < -0.3 is 15.2 Å². The molecule has 1 aromatic carbocycles. The van der Waals surface area contributed by atoms with Crippen LogP contribution in [0.1, 0.15) is 16.9 Å². The molecular formula is C15H18N4O4S2. The summed E-state index contributed by atoms with van der Waals surface area (Å²) >= 11 is 0. The number of carboxylic acid groups (broad SMARTS) is 1. The fourth-order valence-corrected chi connectivity index (χ4v) is 3.68. The molecule has 1 aromatic heterocycles. The topological polar surface area (TPSA) is 106 Å². The van der Waals surface area contributed by atoms with Gasteiger partial charge in [0, 0.05) is 24.1 Å². The summed E-state index contributed by atoms with van der Waals surface area (Å²) in [7, 11) is 4.58. The van der Waals surface area contributed by atoms with Gasteiger partial charge >= 0.3 is 5.97 Å². The molecule has 0 unspecified atom stereocenters. The van der Waals surface area contributed by atoms with E-state index in [1.165, 1.54) is 26.3 Å². The molecule has 134 valence electrons. The van der Waals surface area contributed by atoms with Crippen molar-refractivity contribution in [1.29, 1.82) is 0 Å². The normalized spacial score (nSPS) is 10.4. The van der Waals surface area contributed by atoms with Gasteiger partial charge in [0.15, 0.2) is 5.69 Å². The van der Waals surface area contributed by atoms with E-state index in [0.29, 0.717) is 23.8 Å². The van der Waals surface area contributed by atoms with Crippen LogP contribution in [0.4, 0.5) is 0 Å². The quantitative estimate of drug-likeness (QED) is 0.474. The lowest BCUT2D eigenvalue weighted by atomic mass is 10.3. The first-order valence-electron chi connectivity index (χ1n) is 7.41. The maximum Gasteiger partial charge on any atom is 0.304 e. The molecule has 1 heterocycles. The van der Waals surface area contributed by atoms with Crippen molar-refractivity contribution >= 4 is 33.5 Å². The number of hydrogen-bond acceptors (Lipinski definition) is 7. The number of aliphatic carboxylic acids is 1. The first-order chi connectivity index (χ1) is 12.1. The Bertz CT molecular complexity index is 723. The van der Waals surface area contributed by atoms with Crippen molar-refractivity contribution in [3.05, 3.63) is 36.2 Å². The number of amides is 1. The highest BCUT2D eigenvalue weighted by Crippen LogP contribution is 2.21. The summed E-state index contributed by atoms with van der Waals surface area (Å²) in [5.41, 5.74) is 0.975. The lowest BCUT2D eigenvalue weighted by Gasteiger charge is -2.03. The Kier molecular flexibility index (Phi) is 7.61. The number of aromatic nitrogens is 3. The van der Waals surface area contributed by atoms with Crippen molar-refractivity contribution in [3.63, 3.8) is 0 Å². The average molecular weight is 382 g/mol. The highest BCUT2D eigenvalue weighted by molar-refractivity contribution is 8.76. The van der Waals surface area contributed by atoms with E-state index < -0.39 is 5.97 Å². The van der Waals surface area contributed by atoms with Gasteiger partial charge in [-0.2, -0.15) is 0 Å². The molecule has 1 amide bonds. The Hall–Kier alpha value is -2.20. The van der Waals surface area contributed by atoms with Gasteiger partial charge in [-0.25, -0.2) is 4.68 Å². The summed E-state index contributed by atoms with van der Waals surface area (Å²) in [4.78, 5) is 22.4. The lowest BCUT2D eigenvalue weighted by Crippen LogP contribution is -2.25. The molecular weight excluding hydrogens is 364 g/mol. The minimum absolute atomic E-state index is 0.136. The monoisotopic (exact) mass is 382 g/mol. The van der Waals surface area contributed by atoms with Crippen LogP contribution in [0.25, 0.3) is 5.69 Å². The van der Waals surface area contributed by atoms with Crippen molar-refractivity contribution in [2.45, 2.75) is 6.42 Å². The van der Waals surface area contributed by atoms with Gasteiger partial charge in [0.25, 0.3) is 5.91 Å². The molecule has 0 spiro atoms. The molecule has 2 aromatic rings. The molecule has 25 heavy (non-hydrogen) atoms. The second-order valence-electron chi connectivity index (χ2n) is 4.79. The number of carbonyl (C=O) groups is 2. The van der Waals surface area contributed by atoms with Gasteiger partial charge in [0.2, 0.25) is 0 Å². The zero-order chi connectivity index (χ0) is 18.1. The fourth-order valence-electron chi connectivity index (χ4n) is 1.79. The van der Waals surface area contributed by atoms with E-state index in [2.05, 4.69) is 15.6 Å². The van der Waals surface area contributed by atoms with Crippen molar-refractivity contribution in [2.24, 2.45) is 0 Å². The second kappa shape index (κ2) is 9.94. The number of methoxy groups -OCH3 is 1. The van der Waals surface area contributed by atoms with E-state index in [4.69, 9.17) is 9.84 Å². The van der Waals surface area contributed by atoms with Crippen LogP contribution < -0.4 is 10.1 Å². The summed E-state index contributed by atoms with van der Waals surface area (Å²) in [6.07, 6.45) is 1.69. The third-order valence-corrected chi connectivity index (χ3v) is 5.41. The van der Waals surface area contributed by atoms with Crippen LogP contribution in [0.2, 0.25) is 0 Å². The Balaban J connectivity index is 1.77. The van der Waals surface area contributed by atoms with E-state index in [0.717, 1.165) is 5.69 Å². The molecule has 0 aliphatic carbocycles. The number of carboxylic acids is 1. The third kappa shape index (κ3) is 6.31. The van der Waals surface area contributed by atoms with Crippen LogP contribution >= 0.6 is 21.6 Å². The maximum atomic E-state index is 12.0. The van der Waals surface area contributed by atoms with Gasteiger partial charge in [-0.05, 0) is 12.1 Å². The third-order valence-electron chi connectivity index (χ3n) is 3.00. The molecule has 0 saturated heterocycles. The molecule has 0 atom stereocenters. The van der Waals surface area contributed by atoms with Gasteiger partial charge in [-0.3, -0.25) is 9.59 Å². The van der Waals surface area contributed by atoms with Crippen LogP contribution in [0.5, 0.6) is 5.75 Å². The molecule has 0 saturated carbocycles. The SMILES string of the molecule is COc1cccc(-n2cc(C(=O)NCCSSCCC(=O)O)nn2)c1. The van der Waals surface area contributed by atoms with Crippen molar-refractivity contribution in [3.8, 4) is 11.4 Å². The van der Waals surface area contributed by atoms with E-state index in [9.17, 15) is 9.59 Å². The van der Waals surface area contributed by atoms with Crippen LogP contribution in [0, 0.1) is 0 Å². The number of hydrogen-bond donors (Lipinski definition) is 2. The summed E-state index contributed by atoms with van der Waals surface area (Å²) in [5.74, 6) is 0.810. The van der Waals surface area contributed by atoms with Gasteiger partial charge in [-0.15, -0.1) is 5.10 Å². The van der Waals surface area contributed by atoms with E-state index in [-0.39, 0.29) is 18.0 Å². The van der Waals surface area contributed by atoms with E-state index in [1.807, 2.05) is 18.2 Å². The Labute approximate surface area is 152 Å². The maximum absolute atomic E-state index is 12.0. The molecule has 2 N–H and O–H groups in total. The molecule has 2 rings (SSSR count). The smallest absolute Gasteiger partial charge is 0.304 e. The zero-order valence-corrected chi connectivity index (χ0v) is 15.2. The molecule has 0 bridgehead atoms. The Morgan fingerprint density at radius 1 is 1.32 bits per heavy atom. The Morgan fingerprint density at radius 2 is 2.12 bits per heavy atom. The summed E-state index contributed by atoms with van der Waals surface area (Å²) in [5, 5.41) is 19.1. The van der Waals surface area contributed by atoms with Crippen LogP contribution in [0.3, 0.4) is 0 Å². The van der Waals surface area contributed by atoms with Crippen LogP contribution in [-0.2, 0) is 4.79 Å². The highest BCUT2D eigenvalue weighted by Gasteiger charge is 2.11. The van der Waals surface area contributed by atoms with E-state index in [1.54, 1.807) is 19.4 Å². The fraction of sp³-hybridized carbons (Fsp3) is 0.333. The van der Waals surface area contributed by atoms with Gasteiger partial charge in [-0.1, -0.05) is 32.9 Å². The molecule has 0 radical (unpaired) electrons. The summed E-state index contributed by atoms with van der Waals surface area (Å²) in [6, 6.07) is 7.28. The molecule has 0 aliphatic rings. The number of rotatable bonds is 10. The molecule has 10 heteroatoms. The molecule has 8 nitrogen and oxygen atoms in total. The highest BCUT2D eigenvalue weighted by atomic mass is 33.1. The minimum Gasteiger partial charge on any atom is -0.497 e. The largest absolute Gasteiger partial charge is 0.497 e. The van der Waals surface area contributed by atoms with Crippen molar-refractivity contribution in [2.75, 3.05) is 25.2 Å². The predicted octanol–water partition coefficient (Wildman–Crippen LogP) is 1.86. The summed E-state index contributed by atoms with van der Waals surface area (Å²) in [6.45, 7) is 0.468. The number of nitrogens with zero attached hydrogens (tertiary/aromatic N) is 3. The minimum atomic E-state index is -0.805. The molecule has 0 aliphatic heterocycles. The number of benzene rings is 1. The van der Waals surface area contributed by atoms with Gasteiger partial charge in [0.1, 0.15) is 5.75 Å². The zero-order valence-electron chi connectivity index (χ0n) is 13.5. The van der Waals surface area contributed by atoms with Crippen LogP contribution in [0.15, 0.2) is 30.5 Å². The lowest BCUT2D eigenvalue weighted by molar-refractivity contribution is -0.136. The van der Waals surface area contributed by atoms with Gasteiger partial charge in [0.05, 0.1) is 25.4 Å². The van der Waals surface area contributed by atoms with E-state index >= 15 is 0 Å².